The Morgan fingerprint density at radius 3 is 2.75 bits per heavy atom. The third kappa shape index (κ3) is 4.09. The Morgan fingerprint density at radius 2 is 2.10 bits per heavy atom. The number of carbonyl (C=O) groups is 1. The minimum absolute atomic E-state index is 0.0167. The lowest BCUT2D eigenvalue weighted by Gasteiger charge is -2.23. The minimum atomic E-state index is -0.108. The van der Waals surface area contributed by atoms with Crippen LogP contribution in [0.4, 0.5) is 5.69 Å². The Morgan fingerprint density at radius 1 is 1.40 bits per heavy atom. The normalized spacial score (nSPS) is 19.2. The quantitative estimate of drug-likeness (QED) is 0.907. The van der Waals surface area contributed by atoms with Crippen molar-refractivity contribution in [3.05, 3.63) is 28.2 Å². The van der Waals surface area contributed by atoms with Gasteiger partial charge in [-0.05, 0) is 37.6 Å². The Balaban J connectivity index is 1.99. The van der Waals surface area contributed by atoms with Crippen molar-refractivity contribution in [3.8, 4) is 0 Å². The fourth-order valence-corrected chi connectivity index (χ4v) is 2.98. The molecule has 0 saturated carbocycles. The summed E-state index contributed by atoms with van der Waals surface area (Å²) in [5, 5.41) is 3.90. The molecule has 1 amide bonds. The van der Waals surface area contributed by atoms with Gasteiger partial charge in [-0.15, -0.1) is 0 Å². The van der Waals surface area contributed by atoms with Crippen LogP contribution in [0.3, 0.4) is 0 Å². The highest BCUT2D eigenvalue weighted by atomic mass is 35.5. The van der Waals surface area contributed by atoms with Crippen LogP contribution in [0.1, 0.15) is 12.8 Å². The zero-order chi connectivity index (χ0) is 14.5. The van der Waals surface area contributed by atoms with Gasteiger partial charge in [0.05, 0.1) is 12.6 Å². The summed E-state index contributed by atoms with van der Waals surface area (Å²) in [4.78, 5) is 14.5. The topological polar surface area (TPSA) is 41.6 Å². The van der Waals surface area contributed by atoms with Crippen LogP contribution >= 0.6 is 23.2 Å². The van der Waals surface area contributed by atoms with Crippen LogP contribution in [0.5, 0.6) is 0 Å². The number of rotatable bonds is 5. The van der Waals surface area contributed by atoms with Gasteiger partial charge in [-0.25, -0.2) is 0 Å². The maximum absolute atomic E-state index is 12.3. The Bertz CT molecular complexity index is 462. The number of anilines is 1. The molecule has 6 heteroatoms. The monoisotopic (exact) mass is 316 g/mol. The van der Waals surface area contributed by atoms with E-state index in [1.165, 1.54) is 0 Å². The van der Waals surface area contributed by atoms with Crippen molar-refractivity contribution in [2.45, 2.75) is 18.9 Å². The van der Waals surface area contributed by atoms with E-state index >= 15 is 0 Å². The van der Waals surface area contributed by atoms with E-state index in [1.807, 2.05) is 0 Å². The minimum Gasteiger partial charge on any atom is -0.383 e. The van der Waals surface area contributed by atoms with E-state index in [2.05, 4.69) is 10.2 Å². The van der Waals surface area contributed by atoms with Crippen molar-refractivity contribution in [2.75, 3.05) is 32.1 Å². The summed E-state index contributed by atoms with van der Waals surface area (Å²) in [5.41, 5.74) is 0.631. The van der Waals surface area contributed by atoms with Gasteiger partial charge in [0.15, 0.2) is 0 Å². The van der Waals surface area contributed by atoms with E-state index < -0.39 is 0 Å². The molecule has 1 N–H and O–H groups in total. The summed E-state index contributed by atoms with van der Waals surface area (Å²) in [6.07, 6.45) is 1.89. The molecule has 0 radical (unpaired) electrons. The summed E-state index contributed by atoms with van der Waals surface area (Å²) >= 11 is 11.9. The predicted octanol–water partition coefficient (Wildman–Crippen LogP) is 3.04. The van der Waals surface area contributed by atoms with Crippen molar-refractivity contribution < 1.29 is 9.53 Å². The van der Waals surface area contributed by atoms with Crippen LogP contribution in [0, 0.1) is 0 Å². The van der Waals surface area contributed by atoms with E-state index in [-0.39, 0.29) is 11.9 Å². The molecule has 0 bridgehead atoms. The summed E-state index contributed by atoms with van der Waals surface area (Å²) in [7, 11) is 1.67. The highest BCUT2D eigenvalue weighted by Crippen LogP contribution is 2.24. The van der Waals surface area contributed by atoms with Crippen LogP contribution in [0.2, 0.25) is 10.0 Å². The van der Waals surface area contributed by atoms with Crippen LogP contribution < -0.4 is 5.32 Å². The number of ether oxygens (including phenoxy) is 1. The Labute approximate surface area is 129 Å². The van der Waals surface area contributed by atoms with Crippen LogP contribution in [0.25, 0.3) is 0 Å². The van der Waals surface area contributed by atoms with E-state index in [1.54, 1.807) is 25.3 Å². The Kier molecular flexibility index (Phi) is 5.66. The molecule has 1 aliphatic rings. The van der Waals surface area contributed by atoms with E-state index in [0.717, 1.165) is 25.9 Å². The number of carbonyl (C=O) groups excluding carboxylic acids is 1. The highest BCUT2D eigenvalue weighted by Gasteiger charge is 2.30. The second kappa shape index (κ2) is 7.27. The third-order valence-electron chi connectivity index (χ3n) is 3.38. The van der Waals surface area contributed by atoms with Gasteiger partial charge in [-0.2, -0.15) is 0 Å². The molecule has 1 aromatic carbocycles. The van der Waals surface area contributed by atoms with E-state index in [4.69, 9.17) is 27.9 Å². The molecule has 0 aliphatic carbocycles. The molecular weight excluding hydrogens is 299 g/mol. The molecular formula is C14H18Cl2N2O2. The molecule has 4 nitrogen and oxygen atoms in total. The lowest BCUT2D eigenvalue weighted by atomic mass is 10.2. The second-order valence-electron chi connectivity index (χ2n) is 4.83. The average Bonchev–Trinajstić information content (AvgIpc) is 2.83. The fraction of sp³-hybridized carbons (Fsp3) is 0.500. The number of nitrogens with zero attached hydrogens (tertiary/aromatic N) is 1. The number of amides is 1. The summed E-state index contributed by atoms with van der Waals surface area (Å²) < 4.78 is 5.07. The zero-order valence-electron chi connectivity index (χ0n) is 11.4. The molecule has 1 aliphatic heterocycles. The number of hydrogen-bond acceptors (Lipinski definition) is 3. The van der Waals surface area contributed by atoms with E-state index in [0.29, 0.717) is 22.3 Å². The molecule has 2 rings (SSSR count). The molecule has 0 aromatic heterocycles. The van der Waals surface area contributed by atoms with Crippen molar-refractivity contribution >= 4 is 34.8 Å². The van der Waals surface area contributed by atoms with Crippen LogP contribution in [0.15, 0.2) is 18.2 Å². The fourth-order valence-electron chi connectivity index (χ4n) is 2.45. The maximum atomic E-state index is 12.3. The number of likely N-dealkylation sites (tertiary alicyclic amines) is 1. The smallest absolute Gasteiger partial charge is 0.241 e. The standard InChI is InChI=1S/C14H18Cl2N2O2/c1-20-6-5-18-4-2-3-13(18)14(19)17-12-8-10(15)7-11(16)9-12/h7-9,13H,2-6H2,1H3,(H,17,19)/t13-/m1/s1. The van der Waals surface area contributed by atoms with Gasteiger partial charge in [0.2, 0.25) is 5.91 Å². The summed E-state index contributed by atoms with van der Waals surface area (Å²) in [6.45, 7) is 2.33. The third-order valence-corrected chi connectivity index (χ3v) is 3.82. The maximum Gasteiger partial charge on any atom is 0.241 e. The van der Waals surface area contributed by atoms with Crippen molar-refractivity contribution in [3.63, 3.8) is 0 Å². The van der Waals surface area contributed by atoms with Crippen LogP contribution in [-0.2, 0) is 9.53 Å². The molecule has 0 spiro atoms. The molecule has 0 unspecified atom stereocenters. The van der Waals surface area contributed by atoms with Gasteiger partial charge in [0.25, 0.3) is 0 Å². The molecule has 110 valence electrons. The molecule has 1 fully saturated rings. The van der Waals surface area contributed by atoms with Crippen molar-refractivity contribution in [2.24, 2.45) is 0 Å². The molecule has 1 atom stereocenters. The number of hydrogen-bond donors (Lipinski definition) is 1. The molecule has 1 heterocycles. The van der Waals surface area contributed by atoms with E-state index in [9.17, 15) is 4.79 Å². The number of nitrogens with one attached hydrogen (secondary N) is 1. The number of methoxy groups -OCH3 is 1. The van der Waals surface area contributed by atoms with Gasteiger partial charge >= 0.3 is 0 Å². The highest BCUT2D eigenvalue weighted by molar-refractivity contribution is 6.35. The van der Waals surface area contributed by atoms with Crippen molar-refractivity contribution in [1.29, 1.82) is 0 Å². The first-order chi connectivity index (χ1) is 9.60. The largest absolute Gasteiger partial charge is 0.383 e. The zero-order valence-corrected chi connectivity index (χ0v) is 12.9. The van der Waals surface area contributed by atoms with Gasteiger partial charge in [0, 0.05) is 29.4 Å². The Hall–Kier alpha value is -0.810. The SMILES string of the molecule is COCCN1CCC[C@@H]1C(=O)Nc1cc(Cl)cc(Cl)c1. The van der Waals surface area contributed by atoms with Gasteiger partial charge in [-0.3, -0.25) is 9.69 Å². The first-order valence-electron chi connectivity index (χ1n) is 6.60. The summed E-state index contributed by atoms with van der Waals surface area (Å²) in [5.74, 6) is -0.0167. The lowest BCUT2D eigenvalue weighted by Crippen LogP contribution is -2.41. The van der Waals surface area contributed by atoms with Gasteiger partial charge < -0.3 is 10.1 Å². The summed E-state index contributed by atoms with van der Waals surface area (Å²) in [6, 6.07) is 4.92. The first-order valence-corrected chi connectivity index (χ1v) is 7.35. The lowest BCUT2D eigenvalue weighted by molar-refractivity contribution is -0.120. The van der Waals surface area contributed by atoms with Gasteiger partial charge in [0.1, 0.15) is 0 Å². The first kappa shape index (κ1) is 15.6. The second-order valence-corrected chi connectivity index (χ2v) is 5.71. The molecule has 1 saturated heterocycles. The molecule has 20 heavy (non-hydrogen) atoms. The average molecular weight is 317 g/mol. The molecule has 1 aromatic rings. The number of halogens is 2. The van der Waals surface area contributed by atoms with Crippen molar-refractivity contribution in [1.82, 2.24) is 4.90 Å². The van der Waals surface area contributed by atoms with Crippen LogP contribution in [-0.4, -0.2) is 43.7 Å². The predicted molar refractivity (Wildman–Crippen MR) is 81.6 cm³/mol. The number of benzene rings is 1. The van der Waals surface area contributed by atoms with Gasteiger partial charge in [-0.1, -0.05) is 23.2 Å².